The third-order valence-electron chi connectivity index (χ3n) is 3.35. The number of rotatable bonds is 11. The highest BCUT2D eigenvalue weighted by atomic mass is 32.2. The van der Waals surface area contributed by atoms with Gasteiger partial charge in [0.1, 0.15) is 6.04 Å². The second-order valence-corrected chi connectivity index (χ2v) is 6.11. The number of aliphatic hydroxyl groups is 1. The molecule has 1 aromatic heterocycles. The molecule has 0 aliphatic heterocycles. The first kappa shape index (κ1) is 24.3. The third kappa shape index (κ3) is 9.68. The Kier molecular flexibility index (Phi) is 12.6. The zero-order chi connectivity index (χ0) is 20.1. The van der Waals surface area contributed by atoms with Crippen molar-refractivity contribution in [2.75, 3.05) is 6.61 Å². The molecule has 1 aromatic rings. The van der Waals surface area contributed by atoms with E-state index in [1.165, 1.54) is 0 Å². The Bertz CT molecular complexity index is 544. The molecule has 1 heterocycles. The number of nitrogens with two attached hydrogens (primary N) is 2. The smallest absolute Gasteiger partial charge is 0.324 e. The van der Waals surface area contributed by atoms with Gasteiger partial charge < -0.3 is 26.1 Å². The van der Waals surface area contributed by atoms with Crippen LogP contribution in [0.5, 0.6) is 0 Å². The van der Waals surface area contributed by atoms with E-state index >= 15 is 0 Å². The molecule has 3 atom stereocenters. The molecule has 0 spiro atoms. The molecule has 1 amide bonds. The van der Waals surface area contributed by atoms with Gasteiger partial charge in [-0.2, -0.15) is 0 Å². The number of nitrogens with zero attached hydrogens (tertiary/aromatic N) is 2. The van der Waals surface area contributed by atoms with Crippen molar-refractivity contribution in [1.29, 1.82) is 0 Å². The van der Waals surface area contributed by atoms with Crippen molar-refractivity contribution in [2.24, 2.45) is 17.4 Å². The molecule has 0 bridgehead atoms. The van der Waals surface area contributed by atoms with Crippen LogP contribution in [-0.2, 0) is 16.1 Å². The molecule has 8 N–H and O–H groups in total. The van der Waals surface area contributed by atoms with Crippen molar-refractivity contribution >= 4 is 24.0 Å². The number of amides is 1. The van der Waals surface area contributed by atoms with Crippen LogP contribution >= 0.6 is 12.1 Å². The molecule has 0 saturated heterocycles. The van der Waals surface area contributed by atoms with E-state index in [1.807, 2.05) is 13.8 Å². The van der Waals surface area contributed by atoms with Gasteiger partial charge in [-0.15, -0.1) is 10.2 Å². The van der Waals surface area contributed by atoms with Crippen LogP contribution in [0.2, 0.25) is 0 Å². The molecule has 12 heteroatoms. The number of carboxylic acids is 1. The van der Waals surface area contributed by atoms with Crippen molar-refractivity contribution in [3.05, 3.63) is 11.8 Å². The summed E-state index contributed by atoms with van der Waals surface area (Å²) in [6.45, 7) is 5.51. The van der Waals surface area contributed by atoms with Crippen LogP contribution in [0.1, 0.15) is 51.4 Å². The molecule has 3 unspecified atom stereocenters. The minimum Gasteiger partial charge on any atom is -0.480 e. The fourth-order valence-electron chi connectivity index (χ4n) is 1.35. The molecule has 0 aliphatic rings. The second-order valence-electron chi connectivity index (χ2n) is 5.38. The van der Waals surface area contributed by atoms with Gasteiger partial charge >= 0.3 is 5.97 Å². The second kappa shape index (κ2) is 13.5. The van der Waals surface area contributed by atoms with Gasteiger partial charge in [0.25, 0.3) is 0 Å². The minimum absolute atomic E-state index is 0.239. The normalized spacial score (nSPS) is 14.0. The van der Waals surface area contributed by atoms with Gasteiger partial charge in [0.15, 0.2) is 0 Å². The van der Waals surface area contributed by atoms with Gasteiger partial charge in [-0.05, 0) is 5.92 Å². The number of primary amides is 1. The molecule has 0 aromatic carbocycles. The average molecular weight is 392 g/mol. The molecule has 0 aliphatic carbocycles. The molecule has 150 valence electrons. The van der Waals surface area contributed by atoms with Crippen LogP contribution in [0.15, 0.2) is 4.42 Å². The molecular formula is C14H28N6O5S. The number of nitrogens with one attached hydrogen (secondary N) is 2. The summed E-state index contributed by atoms with van der Waals surface area (Å²) in [7, 11) is 0. The van der Waals surface area contributed by atoms with E-state index in [-0.39, 0.29) is 24.4 Å². The molecule has 0 saturated carbocycles. The van der Waals surface area contributed by atoms with Gasteiger partial charge in [0.05, 0.1) is 19.2 Å². The van der Waals surface area contributed by atoms with Gasteiger partial charge in [0.2, 0.25) is 17.7 Å². The maximum absolute atomic E-state index is 10.6. The summed E-state index contributed by atoms with van der Waals surface area (Å²) >= 11 is 0.938. The van der Waals surface area contributed by atoms with Crippen molar-refractivity contribution < 1.29 is 24.2 Å². The number of hydrogen-bond donors (Lipinski definition) is 6. The van der Waals surface area contributed by atoms with E-state index in [1.54, 1.807) is 6.92 Å². The quantitative estimate of drug-likeness (QED) is 0.214. The Hall–Kier alpha value is -1.73. The maximum atomic E-state index is 10.6. The number of hydrogen-bond acceptors (Lipinski definition) is 10. The summed E-state index contributed by atoms with van der Waals surface area (Å²) in [5.41, 5.74) is 10.6. The van der Waals surface area contributed by atoms with E-state index in [4.69, 9.17) is 20.4 Å². The van der Waals surface area contributed by atoms with E-state index in [2.05, 4.69) is 25.4 Å². The fourth-order valence-corrected chi connectivity index (χ4v) is 1.94. The van der Waals surface area contributed by atoms with E-state index in [0.29, 0.717) is 18.2 Å². The summed E-state index contributed by atoms with van der Waals surface area (Å²) in [6.07, 6.45) is 1.36. The highest BCUT2D eigenvalue weighted by Gasteiger charge is 2.20. The summed E-state index contributed by atoms with van der Waals surface area (Å²) in [4.78, 5) is 20.2. The first-order chi connectivity index (χ1) is 12.3. The lowest BCUT2D eigenvalue weighted by molar-refractivity contribution is -0.139. The van der Waals surface area contributed by atoms with Crippen LogP contribution < -0.4 is 20.9 Å². The molecular weight excluding hydrogens is 364 g/mol. The standard InChI is InChI=1S/C11H21N5O4S.C3H7NO/c1-3-6(2)9(12)10-15-14-8(20-10)4-13-21-16-7(5-17)11(18)19;1-2-3(4)5/h6-7,9,13,16-17H,3-5,12H2,1-2H3,(H,18,19);2H2,1H3,(H2,4,5). The summed E-state index contributed by atoms with van der Waals surface area (Å²) in [5, 5.41) is 25.3. The van der Waals surface area contributed by atoms with E-state index in [9.17, 15) is 9.59 Å². The zero-order valence-electron chi connectivity index (χ0n) is 15.1. The molecule has 1 rings (SSSR count). The minimum atomic E-state index is -1.13. The first-order valence-electron chi connectivity index (χ1n) is 8.10. The van der Waals surface area contributed by atoms with Crippen LogP contribution in [0.25, 0.3) is 0 Å². The number of aliphatic carboxylic acids is 1. The Morgan fingerprint density at radius 1 is 1.35 bits per heavy atom. The van der Waals surface area contributed by atoms with Crippen LogP contribution in [0, 0.1) is 5.92 Å². The van der Waals surface area contributed by atoms with Crippen LogP contribution in [-0.4, -0.2) is 44.9 Å². The van der Waals surface area contributed by atoms with E-state index in [0.717, 1.165) is 18.6 Å². The van der Waals surface area contributed by atoms with Gasteiger partial charge in [-0.25, -0.2) is 9.44 Å². The van der Waals surface area contributed by atoms with Crippen LogP contribution in [0.3, 0.4) is 0 Å². The summed E-state index contributed by atoms with van der Waals surface area (Å²) in [6, 6.07) is -1.34. The Labute approximate surface area is 156 Å². The van der Waals surface area contributed by atoms with E-state index < -0.39 is 18.6 Å². The third-order valence-corrected chi connectivity index (χ3v) is 4.04. The predicted molar refractivity (Wildman–Crippen MR) is 96.2 cm³/mol. The lowest BCUT2D eigenvalue weighted by Crippen LogP contribution is -2.37. The highest BCUT2D eigenvalue weighted by Crippen LogP contribution is 2.20. The number of aliphatic hydroxyl groups excluding tert-OH is 1. The first-order valence-corrected chi connectivity index (χ1v) is 8.92. The van der Waals surface area contributed by atoms with Crippen molar-refractivity contribution in [3.63, 3.8) is 0 Å². The highest BCUT2D eigenvalue weighted by molar-refractivity contribution is 7.95. The monoisotopic (exact) mass is 392 g/mol. The Morgan fingerprint density at radius 2 is 1.96 bits per heavy atom. The van der Waals surface area contributed by atoms with Gasteiger partial charge in [-0.1, -0.05) is 27.2 Å². The molecule has 26 heavy (non-hydrogen) atoms. The van der Waals surface area contributed by atoms with Crippen molar-refractivity contribution in [3.8, 4) is 0 Å². The lowest BCUT2D eigenvalue weighted by atomic mass is 10.0. The summed E-state index contributed by atoms with van der Waals surface area (Å²) in [5.74, 6) is -0.397. The average Bonchev–Trinajstić information content (AvgIpc) is 3.09. The predicted octanol–water partition coefficient (Wildman–Crippen LogP) is -0.315. The van der Waals surface area contributed by atoms with Gasteiger partial charge in [0, 0.05) is 18.6 Å². The van der Waals surface area contributed by atoms with Crippen molar-refractivity contribution in [1.82, 2.24) is 19.6 Å². The maximum Gasteiger partial charge on any atom is 0.324 e. The molecule has 0 fully saturated rings. The molecule has 0 radical (unpaired) electrons. The van der Waals surface area contributed by atoms with Crippen LogP contribution in [0.4, 0.5) is 0 Å². The SMILES string of the molecule is CCC(C)C(N)c1nnc(CNSNC(CO)C(=O)O)o1.CCC(N)=O. The number of aromatic nitrogens is 2. The summed E-state index contributed by atoms with van der Waals surface area (Å²) < 4.78 is 10.8. The number of carboxylic acid groups (broad SMARTS) is 1. The topological polar surface area (TPSA) is 190 Å². The van der Waals surface area contributed by atoms with Crippen molar-refractivity contribution in [2.45, 2.75) is 52.2 Å². The fraction of sp³-hybridized carbons (Fsp3) is 0.714. The lowest BCUT2D eigenvalue weighted by Gasteiger charge is -2.13. The number of carbonyl (C=O) groups excluding carboxylic acids is 1. The Balaban J connectivity index is 0.00000110. The zero-order valence-corrected chi connectivity index (χ0v) is 16.0. The van der Waals surface area contributed by atoms with Gasteiger partial charge in [-0.3, -0.25) is 9.59 Å². The number of carbonyl (C=O) groups is 2. The Morgan fingerprint density at radius 3 is 2.42 bits per heavy atom. The largest absolute Gasteiger partial charge is 0.480 e. The molecule has 11 nitrogen and oxygen atoms in total.